The number of hydrogen-bond donors (Lipinski definition) is 3. The van der Waals surface area contributed by atoms with Crippen LogP contribution in [0.25, 0.3) is 0 Å². The van der Waals surface area contributed by atoms with Crippen molar-refractivity contribution in [2.45, 2.75) is 24.3 Å². The second kappa shape index (κ2) is 7.97. The minimum atomic E-state index is -3.82. The zero-order valence-electron chi connectivity index (χ0n) is 13.2. The zero-order chi connectivity index (χ0) is 17.6. The molecule has 7 nitrogen and oxygen atoms in total. The Bertz CT molecular complexity index is 810. The van der Waals surface area contributed by atoms with E-state index in [0.717, 1.165) is 5.76 Å². The third kappa shape index (κ3) is 4.58. The average Bonchev–Trinajstić information content (AvgIpc) is 3.07. The Balaban J connectivity index is 2.22. The van der Waals surface area contributed by atoms with Crippen LogP contribution in [0.5, 0.6) is 0 Å². The van der Waals surface area contributed by atoms with Crippen molar-refractivity contribution >= 4 is 15.7 Å². The fourth-order valence-corrected chi connectivity index (χ4v) is 3.51. The number of nitrogens with zero attached hydrogens (tertiary/aromatic N) is 1. The molecule has 1 aromatic carbocycles. The van der Waals surface area contributed by atoms with Crippen molar-refractivity contribution in [3.63, 3.8) is 0 Å². The molecule has 0 spiro atoms. The monoisotopic (exact) mass is 349 g/mol. The Morgan fingerprint density at radius 2 is 2.17 bits per heavy atom. The number of benzene rings is 1. The molecular weight excluding hydrogens is 330 g/mol. The van der Waals surface area contributed by atoms with E-state index in [-0.39, 0.29) is 11.5 Å². The van der Waals surface area contributed by atoms with Gasteiger partial charge in [-0.05, 0) is 37.3 Å². The summed E-state index contributed by atoms with van der Waals surface area (Å²) in [5.41, 5.74) is 0.683. The molecule has 1 atom stereocenters. The normalized spacial score (nSPS) is 12.5. The van der Waals surface area contributed by atoms with Gasteiger partial charge in [-0.1, -0.05) is 0 Å². The van der Waals surface area contributed by atoms with Gasteiger partial charge in [0.2, 0.25) is 10.0 Å². The van der Waals surface area contributed by atoms with E-state index in [1.165, 1.54) is 18.2 Å². The fourth-order valence-electron chi connectivity index (χ4n) is 2.11. The Hall–Kier alpha value is -2.34. The molecule has 2 aromatic rings. The van der Waals surface area contributed by atoms with Gasteiger partial charge < -0.3 is 14.8 Å². The number of furan rings is 1. The van der Waals surface area contributed by atoms with Gasteiger partial charge in [-0.2, -0.15) is 5.26 Å². The molecule has 0 aliphatic heterocycles. The third-order valence-electron chi connectivity index (χ3n) is 3.30. The minimum Gasteiger partial charge on any atom is -0.469 e. The SMILES string of the molecule is C[C@@H](CO)NS(=O)(=O)c1ccc(C#N)cc1NCCc1ccco1. The summed E-state index contributed by atoms with van der Waals surface area (Å²) in [6.45, 7) is 1.70. The van der Waals surface area contributed by atoms with Crippen molar-refractivity contribution in [3.05, 3.63) is 47.9 Å². The summed E-state index contributed by atoms with van der Waals surface area (Å²) in [6.07, 6.45) is 2.14. The first-order chi connectivity index (χ1) is 11.5. The van der Waals surface area contributed by atoms with Crippen LogP contribution in [0.3, 0.4) is 0 Å². The molecule has 24 heavy (non-hydrogen) atoms. The summed E-state index contributed by atoms with van der Waals surface area (Å²) in [7, 11) is -3.82. The highest BCUT2D eigenvalue weighted by atomic mass is 32.2. The van der Waals surface area contributed by atoms with E-state index >= 15 is 0 Å². The Labute approximate surface area is 141 Å². The predicted octanol–water partition coefficient (Wildman–Crippen LogP) is 1.46. The molecule has 1 heterocycles. The van der Waals surface area contributed by atoms with Gasteiger partial charge in [0, 0.05) is 19.0 Å². The molecular formula is C16H19N3O4S. The second-order valence-electron chi connectivity index (χ2n) is 5.28. The number of anilines is 1. The first-order valence-corrected chi connectivity index (χ1v) is 8.88. The average molecular weight is 349 g/mol. The van der Waals surface area contributed by atoms with Crippen LogP contribution < -0.4 is 10.0 Å². The maximum absolute atomic E-state index is 12.5. The number of nitriles is 1. The fraction of sp³-hybridized carbons (Fsp3) is 0.312. The maximum atomic E-state index is 12.5. The van der Waals surface area contributed by atoms with Crippen molar-refractivity contribution in [3.8, 4) is 6.07 Å². The van der Waals surface area contributed by atoms with Crippen LogP contribution >= 0.6 is 0 Å². The van der Waals surface area contributed by atoms with Crippen molar-refractivity contribution in [2.75, 3.05) is 18.5 Å². The maximum Gasteiger partial charge on any atom is 0.242 e. The van der Waals surface area contributed by atoms with Gasteiger partial charge in [0.15, 0.2) is 0 Å². The molecule has 2 rings (SSSR count). The van der Waals surface area contributed by atoms with Gasteiger partial charge in [0.05, 0.1) is 30.2 Å². The van der Waals surface area contributed by atoms with Crippen LogP contribution in [0, 0.1) is 11.3 Å². The number of hydrogen-bond acceptors (Lipinski definition) is 6. The molecule has 0 aliphatic carbocycles. The quantitative estimate of drug-likeness (QED) is 0.665. The van der Waals surface area contributed by atoms with E-state index in [1.54, 1.807) is 19.3 Å². The molecule has 128 valence electrons. The molecule has 0 fully saturated rings. The number of sulfonamides is 1. The van der Waals surface area contributed by atoms with E-state index < -0.39 is 16.1 Å². The Kier molecular flexibility index (Phi) is 5.98. The Morgan fingerprint density at radius 3 is 2.79 bits per heavy atom. The Morgan fingerprint density at radius 1 is 1.38 bits per heavy atom. The molecule has 3 N–H and O–H groups in total. The molecule has 8 heteroatoms. The molecule has 0 aliphatic rings. The van der Waals surface area contributed by atoms with E-state index in [4.69, 9.17) is 14.8 Å². The summed E-state index contributed by atoms with van der Waals surface area (Å²) in [5, 5.41) is 21.1. The smallest absolute Gasteiger partial charge is 0.242 e. The van der Waals surface area contributed by atoms with Gasteiger partial charge >= 0.3 is 0 Å². The number of aliphatic hydroxyl groups is 1. The van der Waals surface area contributed by atoms with Crippen LogP contribution in [0.1, 0.15) is 18.2 Å². The number of nitrogens with one attached hydrogen (secondary N) is 2. The van der Waals surface area contributed by atoms with E-state index in [1.807, 2.05) is 12.1 Å². The molecule has 0 saturated heterocycles. The second-order valence-corrected chi connectivity index (χ2v) is 6.97. The number of aliphatic hydroxyl groups excluding tert-OH is 1. The molecule has 0 radical (unpaired) electrons. The van der Waals surface area contributed by atoms with Gasteiger partial charge in [0.1, 0.15) is 10.7 Å². The zero-order valence-corrected chi connectivity index (χ0v) is 14.0. The van der Waals surface area contributed by atoms with Crippen molar-refractivity contribution in [2.24, 2.45) is 0 Å². The summed E-state index contributed by atoms with van der Waals surface area (Å²) in [5.74, 6) is 0.773. The summed E-state index contributed by atoms with van der Waals surface area (Å²) >= 11 is 0. The summed E-state index contributed by atoms with van der Waals surface area (Å²) in [4.78, 5) is 0.0289. The lowest BCUT2D eigenvalue weighted by Crippen LogP contribution is -2.35. The minimum absolute atomic E-state index is 0.0289. The topological polar surface area (TPSA) is 115 Å². The van der Waals surface area contributed by atoms with E-state index in [2.05, 4.69) is 10.0 Å². The molecule has 0 unspecified atom stereocenters. The lowest BCUT2D eigenvalue weighted by Gasteiger charge is -2.16. The molecule has 0 bridgehead atoms. The standard InChI is InChI=1S/C16H19N3O4S/c1-12(11-20)19-24(21,22)16-5-4-13(10-17)9-15(16)18-7-6-14-3-2-8-23-14/h2-5,8-9,12,18-20H,6-7,11H2,1H3/t12-/m0/s1. The summed E-state index contributed by atoms with van der Waals surface area (Å²) < 4.78 is 32.5. The van der Waals surface area contributed by atoms with Crippen LogP contribution in [0.4, 0.5) is 5.69 Å². The molecule has 1 aromatic heterocycles. The lowest BCUT2D eigenvalue weighted by atomic mass is 10.2. The van der Waals surface area contributed by atoms with Crippen LogP contribution in [0.15, 0.2) is 45.9 Å². The highest BCUT2D eigenvalue weighted by Gasteiger charge is 2.21. The van der Waals surface area contributed by atoms with Gasteiger partial charge in [0.25, 0.3) is 0 Å². The van der Waals surface area contributed by atoms with Crippen LogP contribution in [-0.2, 0) is 16.4 Å². The van der Waals surface area contributed by atoms with Gasteiger partial charge in [-0.3, -0.25) is 0 Å². The van der Waals surface area contributed by atoms with Crippen LogP contribution in [0.2, 0.25) is 0 Å². The van der Waals surface area contributed by atoms with E-state index in [9.17, 15) is 8.42 Å². The lowest BCUT2D eigenvalue weighted by molar-refractivity contribution is 0.265. The van der Waals surface area contributed by atoms with Gasteiger partial charge in [-0.25, -0.2) is 13.1 Å². The highest BCUT2D eigenvalue weighted by Crippen LogP contribution is 2.23. The van der Waals surface area contributed by atoms with Crippen LogP contribution in [-0.4, -0.2) is 32.7 Å². The third-order valence-corrected chi connectivity index (χ3v) is 4.94. The van der Waals surface area contributed by atoms with Gasteiger partial charge in [-0.15, -0.1) is 0 Å². The summed E-state index contributed by atoms with van der Waals surface area (Å²) in [6, 6.07) is 9.29. The predicted molar refractivity (Wildman–Crippen MR) is 88.9 cm³/mol. The van der Waals surface area contributed by atoms with Crippen molar-refractivity contribution in [1.29, 1.82) is 5.26 Å². The van der Waals surface area contributed by atoms with Crippen molar-refractivity contribution < 1.29 is 17.9 Å². The largest absolute Gasteiger partial charge is 0.469 e. The first kappa shape index (κ1) is 18.0. The van der Waals surface area contributed by atoms with E-state index in [0.29, 0.717) is 24.2 Å². The molecule has 0 amide bonds. The van der Waals surface area contributed by atoms with Crippen molar-refractivity contribution in [1.82, 2.24) is 4.72 Å². The first-order valence-electron chi connectivity index (χ1n) is 7.40. The molecule has 0 saturated carbocycles. The number of rotatable bonds is 8. The highest BCUT2D eigenvalue weighted by molar-refractivity contribution is 7.89.